The van der Waals surface area contributed by atoms with E-state index in [4.69, 9.17) is 14.6 Å². The predicted molar refractivity (Wildman–Crippen MR) is 115 cm³/mol. The molecule has 1 amide bonds. The number of pyridine rings is 1. The molecule has 10 heteroatoms. The van der Waals surface area contributed by atoms with Crippen LogP contribution in [0.1, 0.15) is 49.4 Å². The number of aliphatic hydroxyl groups is 1. The molecule has 2 atom stereocenters. The number of hydrogen-bond donors (Lipinski definition) is 3. The van der Waals surface area contributed by atoms with Crippen molar-refractivity contribution in [1.29, 1.82) is 0 Å². The van der Waals surface area contributed by atoms with Gasteiger partial charge in [0.25, 0.3) is 12.4 Å². The summed E-state index contributed by atoms with van der Waals surface area (Å²) in [4.78, 5) is 27.9. The topological polar surface area (TPSA) is 129 Å². The molecule has 32 heavy (non-hydrogen) atoms. The molecule has 3 fully saturated rings. The summed E-state index contributed by atoms with van der Waals surface area (Å²) in [6, 6.07) is 3.43. The first-order valence-corrected chi connectivity index (χ1v) is 11.1. The van der Waals surface area contributed by atoms with Crippen molar-refractivity contribution in [3.63, 3.8) is 0 Å². The zero-order valence-electron chi connectivity index (χ0n) is 18.3. The molecule has 3 aliphatic rings. The van der Waals surface area contributed by atoms with E-state index in [1.165, 1.54) is 25.7 Å². The Labute approximate surface area is 186 Å². The highest BCUT2D eigenvalue weighted by Gasteiger charge is 2.54. The third-order valence-corrected chi connectivity index (χ3v) is 6.97. The number of rotatable bonds is 4. The van der Waals surface area contributed by atoms with Crippen LogP contribution < -0.4 is 5.32 Å². The van der Waals surface area contributed by atoms with E-state index >= 15 is 0 Å². The smallest absolute Gasteiger partial charge is 0.290 e. The Hall–Kier alpha value is -2.56. The maximum absolute atomic E-state index is 13.0. The Balaban J connectivity index is 0.000000775. The van der Waals surface area contributed by atoms with Gasteiger partial charge in [0.05, 0.1) is 11.1 Å². The van der Waals surface area contributed by atoms with E-state index in [1.54, 1.807) is 22.8 Å². The van der Waals surface area contributed by atoms with Crippen molar-refractivity contribution in [3.8, 4) is 0 Å². The maximum atomic E-state index is 13.0. The fraction of sp³-hybridized carbons (Fsp3) is 0.636. The van der Waals surface area contributed by atoms with Gasteiger partial charge in [-0.15, -0.1) is 0 Å². The minimum absolute atomic E-state index is 0.208. The van der Waals surface area contributed by atoms with Crippen LogP contribution in [0.15, 0.2) is 24.7 Å². The lowest BCUT2D eigenvalue weighted by molar-refractivity contribution is -0.205. The number of nitrogens with one attached hydrogen (secondary N) is 1. The van der Waals surface area contributed by atoms with Crippen molar-refractivity contribution in [2.45, 2.75) is 56.3 Å². The van der Waals surface area contributed by atoms with Crippen molar-refractivity contribution in [1.82, 2.24) is 24.8 Å². The Morgan fingerprint density at radius 2 is 2.06 bits per heavy atom. The van der Waals surface area contributed by atoms with Crippen molar-refractivity contribution in [3.05, 3.63) is 30.2 Å². The zero-order chi connectivity index (χ0) is 22.8. The largest absolute Gasteiger partial charge is 0.483 e. The Morgan fingerprint density at radius 3 is 2.75 bits per heavy atom. The van der Waals surface area contributed by atoms with Crippen LogP contribution in [0.3, 0.4) is 0 Å². The number of amides is 1. The second-order valence-corrected chi connectivity index (χ2v) is 9.26. The van der Waals surface area contributed by atoms with Gasteiger partial charge in [-0.1, -0.05) is 0 Å². The molecule has 1 aliphatic carbocycles. The Kier molecular flexibility index (Phi) is 6.45. The second-order valence-electron chi connectivity index (χ2n) is 9.26. The third-order valence-electron chi connectivity index (χ3n) is 6.97. The second kappa shape index (κ2) is 9.13. The summed E-state index contributed by atoms with van der Waals surface area (Å²) in [5.74, 6) is 0.661. The van der Waals surface area contributed by atoms with Crippen LogP contribution >= 0.6 is 0 Å². The number of piperidine rings is 1. The molecule has 4 heterocycles. The lowest BCUT2D eigenvalue weighted by Gasteiger charge is -2.53. The van der Waals surface area contributed by atoms with Crippen LogP contribution in [-0.4, -0.2) is 85.6 Å². The molecule has 10 nitrogen and oxygen atoms in total. The van der Waals surface area contributed by atoms with Gasteiger partial charge in [-0.2, -0.15) is 5.10 Å². The van der Waals surface area contributed by atoms with Crippen molar-refractivity contribution in [2.75, 3.05) is 26.2 Å². The molecule has 2 saturated heterocycles. The highest BCUT2D eigenvalue weighted by Crippen LogP contribution is 2.41. The van der Waals surface area contributed by atoms with Crippen LogP contribution in [-0.2, 0) is 9.53 Å². The van der Waals surface area contributed by atoms with Crippen molar-refractivity contribution in [2.24, 2.45) is 5.92 Å². The summed E-state index contributed by atoms with van der Waals surface area (Å²) in [6.07, 6.45) is 7.33. The number of nitrogens with zero attached hydrogens (tertiary/aromatic N) is 4. The van der Waals surface area contributed by atoms with Crippen LogP contribution in [0, 0.1) is 5.92 Å². The van der Waals surface area contributed by atoms with E-state index in [-0.39, 0.29) is 12.4 Å². The van der Waals surface area contributed by atoms with E-state index in [2.05, 4.69) is 20.3 Å². The van der Waals surface area contributed by atoms with Crippen LogP contribution in [0.5, 0.6) is 0 Å². The average molecular weight is 446 g/mol. The van der Waals surface area contributed by atoms with Gasteiger partial charge in [0.1, 0.15) is 12.4 Å². The number of aliphatic hydroxyl groups excluding tert-OH is 1. The SMILES string of the molecule is C[C@]1(NC(=O)c2ccn3ncnc3c2)CCOC2(CCN(CC3CC3)CC2)[C@@H]1O.O=CO. The number of fused-ring (bicyclic) bond motifs is 1. The van der Waals surface area contributed by atoms with E-state index in [0.29, 0.717) is 24.2 Å². The summed E-state index contributed by atoms with van der Waals surface area (Å²) in [5, 5.41) is 25.4. The van der Waals surface area contributed by atoms with Gasteiger partial charge in [-0.05, 0) is 57.1 Å². The maximum Gasteiger partial charge on any atom is 0.290 e. The van der Waals surface area contributed by atoms with Gasteiger partial charge in [0, 0.05) is 38.0 Å². The molecule has 2 aliphatic heterocycles. The normalized spacial score (nSPS) is 27.5. The molecule has 0 unspecified atom stereocenters. The van der Waals surface area contributed by atoms with Crippen molar-refractivity contribution >= 4 is 18.0 Å². The number of carboxylic acid groups (broad SMARTS) is 1. The molecule has 3 N–H and O–H groups in total. The summed E-state index contributed by atoms with van der Waals surface area (Å²) in [7, 11) is 0. The molecule has 1 spiro atoms. The van der Waals surface area contributed by atoms with E-state index in [9.17, 15) is 9.90 Å². The van der Waals surface area contributed by atoms with Crippen molar-refractivity contribution < 1.29 is 24.5 Å². The van der Waals surface area contributed by atoms with Crippen LogP contribution in [0.25, 0.3) is 5.65 Å². The van der Waals surface area contributed by atoms with Gasteiger partial charge in [0.2, 0.25) is 0 Å². The number of hydrogen-bond acceptors (Lipinski definition) is 7. The predicted octanol–water partition coefficient (Wildman–Crippen LogP) is 0.944. The standard InChI is InChI=1S/C21H29N5O3.CH2O2/c1-20(24-18(27)16-4-8-26-17(12-16)22-14-23-26)7-11-29-21(19(20)28)5-9-25(10-6-21)13-15-2-3-15;2-1-3/h4,8,12,14-15,19,28H,2-3,5-7,9-11,13H2,1H3,(H,24,27);1H,(H,2,3)/t19-,20+;/m1./s1. The van der Waals surface area contributed by atoms with Gasteiger partial charge in [-0.3, -0.25) is 9.59 Å². The quantitative estimate of drug-likeness (QED) is 0.593. The minimum atomic E-state index is -0.743. The first-order chi connectivity index (χ1) is 15.4. The molecule has 174 valence electrons. The first-order valence-electron chi connectivity index (χ1n) is 11.1. The summed E-state index contributed by atoms with van der Waals surface area (Å²) >= 11 is 0. The molecule has 5 rings (SSSR count). The van der Waals surface area contributed by atoms with Gasteiger partial charge in [0.15, 0.2) is 5.65 Å². The fourth-order valence-electron chi connectivity index (χ4n) is 4.88. The van der Waals surface area contributed by atoms with Crippen LogP contribution in [0.4, 0.5) is 0 Å². The molecule has 2 aromatic heterocycles. The number of ether oxygens (including phenoxy) is 1. The molecular formula is C22H31N5O5. The minimum Gasteiger partial charge on any atom is -0.483 e. The monoisotopic (exact) mass is 445 g/mol. The van der Waals surface area contributed by atoms with Gasteiger partial charge in [-0.25, -0.2) is 9.50 Å². The Morgan fingerprint density at radius 1 is 1.34 bits per heavy atom. The molecule has 0 bridgehead atoms. The molecule has 0 aromatic carbocycles. The summed E-state index contributed by atoms with van der Waals surface area (Å²) < 4.78 is 7.79. The van der Waals surface area contributed by atoms with E-state index < -0.39 is 17.2 Å². The molecule has 2 aromatic rings. The highest BCUT2D eigenvalue weighted by atomic mass is 16.5. The highest BCUT2D eigenvalue weighted by molar-refractivity contribution is 5.95. The molecule has 1 saturated carbocycles. The zero-order valence-corrected chi connectivity index (χ0v) is 18.3. The number of carbonyl (C=O) groups excluding carboxylic acids is 1. The lowest BCUT2D eigenvalue weighted by Crippen LogP contribution is -2.69. The average Bonchev–Trinajstić information content (AvgIpc) is 3.47. The van der Waals surface area contributed by atoms with Crippen LogP contribution in [0.2, 0.25) is 0 Å². The number of likely N-dealkylation sites (tertiary alicyclic amines) is 1. The molecular weight excluding hydrogens is 414 g/mol. The van der Waals surface area contributed by atoms with E-state index in [0.717, 1.165) is 31.8 Å². The molecule has 0 radical (unpaired) electrons. The number of aromatic nitrogens is 3. The fourth-order valence-corrected chi connectivity index (χ4v) is 4.88. The van der Waals surface area contributed by atoms with Gasteiger partial charge >= 0.3 is 0 Å². The first kappa shape index (κ1) is 22.6. The number of carbonyl (C=O) groups is 2. The third kappa shape index (κ3) is 4.62. The lowest BCUT2D eigenvalue weighted by atomic mass is 9.73. The summed E-state index contributed by atoms with van der Waals surface area (Å²) in [6.45, 7) is 5.29. The Bertz CT molecular complexity index is 953. The summed E-state index contributed by atoms with van der Waals surface area (Å²) in [5.41, 5.74) is -0.168. The van der Waals surface area contributed by atoms with Gasteiger partial charge < -0.3 is 25.2 Å². The van der Waals surface area contributed by atoms with E-state index in [1.807, 2.05) is 6.92 Å².